The first-order valence-corrected chi connectivity index (χ1v) is 9.13. The third kappa shape index (κ3) is 3.84. The Balaban J connectivity index is 2.85. The van der Waals surface area contributed by atoms with E-state index < -0.39 is 9.84 Å². The van der Waals surface area contributed by atoms with Gasteiger partial charge in [-0.05, 0) is 13.5 Å². The van der Waals surface area contributed by atoms with Crippen molar-refractivity contribution < 1.29 is 8.42 Å². The molecule has 4 nitrogen and oxygen atoms in total. The van der Waals surface area contributed by atoms with E-state index in [1.54, 1.807) is 18.7 Å². The number of likely N-dealkylation sites (N-methyl/N-ethyl adjacent to an activating group) is 1. The first-order valence-electron chi connectivity index (χ1n) is 6.26. The maximum Gasteiger partial charge on any atom is 0.166 e. The number of nitrogens with zero attached hydrogens (tertiary/aromatic N) is 1. The van der Waals surface area contributed by atoms with Crippen LogP contribution in [0.1, 0.15) is 20.3 Å². The average molecular weight is 280 g/mol. The monoisotopic (exact) mass is 280 g/mol. The molecule has 0 aromatic carbocycles. The number of rotatable bonds is 6. The molecule has 0 amide bonds. The lowest BCUT2D eigenvalue weighted by atomic mass is 10.2. The molecule has 1 fully saturated rings. The molecule has 102 valence electrons. The molecule has 0 bridgehead atoms. The SMILES string of the molecule is CCC(CNC)N1CCSCC1S(=O)(=O)CC. The van der Waals surface area contributed by atoms with Crippen LogP contribution in [0.3, 0.4) is 0 Å². The highest BCUT2D eigenvalue weighted by Crippen LogP contribution is 2.24. The second-order valence-corrected chi connectivity index (χ2v) is 7.94. The quantitative estimate of drug-likeness (QED) is 0.780. The van der Waals surface area contributed by atoms with Crippen LogP contribution in [0.25, 0.3) is 0 Å². The zero-order chi connectivity index (χ0) is 12.9. The minimum absolute atomic E-state index is 0.241. The van der Waals surface area contributed by atoms with Gasteiger partial charge in [-0.3, -0.25) is 4.90 Å². The molecule has 0 radical (unpaired) electrons. The molecule has 17 heavy (non-hydrogen) atoms. The van der Waals surface area contributed by atoms with Crippen LogP contribution in [-0.2, 0) is 9.84 Å². The van der Waals surface area contributed by atoms with Crippen molar-refractivity contribution in [2.75, 3.05) is 37.4 Å². The van der Waals surface area contributed by atoms with Crippen LogP contribution in [0.4, 0.5) is 0 Å². The van der Waals surface area contributed by atoms with Crippen LogP contribution in [0.5, 0.6) is 0 Å². The first kappa shape index (κ1) is 15.3. The largest absolute Gasteiger partial charge is 0.318 e. The highest BCUT2D eigenvalue weighted by Gasteiger charge is 2.35. The molecule has 2 atom stereocenters. The van der Waals surface area contributed by atoms with E-state index in [2.05, 4.69) is 17.1 Å². The van der Waals surface area contributed by atoms with Crippen LogP contribution < -0.4 is 5.32 Å². The molecule has 1 saturated heterocycles. The van der Waals surface area contributed by atoms with Gasteiger partial charge in [0, 0.05) is 36.4 Å². The van der Waals surface area contributed by atoms with Gasteiger partial charge >= 0.3 is 0 Å². The third-order valence-corrected chi connectivity index (χ3v) is 6.63. The summed E-state index contributed by atoms with van der Waals surface area (Å²) in [5, 5.41) is 2.88. The molecule has 0 aromatic rings. The van der Waals surface area contributed by atoms with Gasteiger partial charge in [0.1, 0.15) is 5.37 Å². The molecule has 0 spiro atoms. The average Bonchev–Trinajstić information content (AvgIpc) is 2.36. The van der Waals surface area contributed by atoms with E-state index in [4.69, 9.17) is 0 Å². The van der Waals surface area contributed by atoms with Gasteiger partial charge in [-0.15, -0.1) is 0 Å². The van der Waals surface area contributed by atoms with Gasteiger partial charge < -0.3 is 5.32 Å². The number of nitrogens with one attached hydrogen (secondary N) is 1. The van der Waals surface area contributed by atoms with Gasteiger partial charge in [-0.25, -0.2) is 8.42 Å². The molecule has 2 unspecified atom stereocenters. The summed E-state index contributed by atoms with van der Waals surface area (Å²) < 4.78 is 24.2. The van der Waals surface area contributed by atoms with E-state index >= 15 is 0 Å². The van der Waals surface area contributed by atoms with Crippen LogP contribution in [0.2, 0.25) is 0 Å². The molecule has 1 aliphatic heterocycles. The second kappa shape index (κ2) is 6.97. The molecule has 0 aliphatic carbocycles. The standard InChI is InChI=1S/C11H24N2O2S2/c1-4-10(8-12-3)13-6-7-16-9-11(13)17(14,15)5-2/h10-12H,4-9H2,1-3H3. The van der Waals surface area contributed by atoms with E-state index in [0.717, 1.165) is 31.0 Å². The Labute approximate surface area is 109 Å². The molecular weight excluding hydrogens is 256 g/mol. The van der Waals surface area contributed by atoms with Crippen molar-refractivity contribution in [3.05, 3.63) is 0 Å². The van der Waals surface area contributed by atoms with Crippen LogP contribution in [-0.4, -0.2) is 62.1 Å². The smallest absolute Gasteiger partial charge is 0.166 e. The summed E-state index contributed by atoms with van der Waals surface area (Å²) in [6.07, 6.45) is 0.987. The lowest BCUT2D eigenvalue weighted by Gasteiger charge is -2.40. The maximum atomic E-state index is 12.1. The molecule has 1 aliphatic rings. The number of hydrogen-bond donors (Lipinski definition) is 1. The van der Waals surface area contributed by atoms with Crippen molar-refractivity contribution >= 4 is 21.6 Å². The third-order valence-electron chi connectivity index (χ3n) is 3.32. The normalized spacial score (nSPS) is 24.8. The second-order valence-electron chi connectivity index (χ2n) is 4.34. The fraction of sp³-hybridized carbons (Fsp3) is 1.00. The van der Waals surface area contributed by atoms with Gasteiger partial charge in [0.15, 0.2) is 9.84 Å². The van der Waals surface area contributed by atoms with E-state index in [0.29, 0.717) is 6.04 Å². The minimum Gasteiger partial charge on any atom is -0.318 e. The molecule has 0 aromatic heterocycles. The van der Waals surface area contributed by atoms with E-state index in [9.17, 15) is 8.42 Å². The molecular formula is C11H24N2O2S2. The minimum atomic E-state index is -2.97. The van der Waals surface area contributed by atoms with E-state index in [-0.39, 0.29) is 11.1 Å². The maximum absolute atomic E-state index is 12.1. The Morgan fingerprint density at radius 1 is 1.47 bits per heavy atom. The zero-order valence-corrected chi connectivity index (χ0v) is 12.6. The van der Waals surface area contributed by atoms with Gasteiger partial charge in [0.2, 0.25) is 0 Å². The predicted octanol–water partition coefficient (Wildman–Crippen LogP) is 0.794. The first-order chi connectivity index (χ1) is 8.06. The van der Waals surface area contributed by atoms with Crippen LogP contribution >= 0.6 is 11.8 Å². The summed E-state index contributed by atoms with van der Waals surface area (Å²) in [6.45, 7) is 5.61. The predicted molar refractivity (Wildman–Crippen MR) is 75.3 cm³/mol. The Bertz CT molecular complexity index is 319. The summed E-state index contributed by atoms with van der Waals surface area (Å²) in [6, 6.07) is 0.326. The highest BCUT2D eigenvalue weighted by atomic mass is 32.2. The van der Waals surface area contributed by atoms with E-state index in [1.807, 2.05) is 7.05 Å². The molecule has 0 saturated carbocycles. The van der Waals surface area contributed by atoms with Crippen molar-refractivity contribution in [1.29, 1.82) is 0 Å². The van der Waals surface area contributed by atoms with E-state index in [1.165, 1.54) is 0 Å². The lowest BCUT2D eigenvalue weighted by molar-refractivity contribution is 0.184. The van der Waals surface area contributed by atoms with Crippen molar-refractivity contribution in [3.63, 3.8) is 0 Å². The molecule has 1 heterocycles. The van der Waals surface area contributed by atoms with Crippen molar-refractivity contribution in [1.82, 2.24) is 10.2 Å². The number of sulfone groups is 1. The summed E-state index contributed by atoms with van der Waals surface area (Å²) in [5.74, 6) is 2.00. The molecule has 6 heteroatoms. The zero-order valence-electron chi connectivity index (χ0n) is 11.0. The Morgan fingerprint density at radius 2 is 2.18 bits per heavy atom. The molecule has 1 N–H and O–H groups in total. The Kier molecular flexibility index (Phi) is 6.26. The topological polar surface area (TPSA) is 49.4 Å². The lowest BCUT2D eigenvalue weighted by Crippen LogP contribution is -2.54. The van der Waals surface area contributed by atoms with Gasteiger partial charge in [0.05, 0.1) is 0 Å². The number of thioether (sulfide) groups is 1. The Morgan fingerprint density at radius 3 is 2.71 bits per heavy atom. The van der Waals surface area contributed by atoms with Crippen molar-refractivity contribution in [3.8, 4) is 0 Å². The van der Waals surface area contributed by atoms with Gasteiger partial charge in [-0.2, -0.15) is 11.8 Å². The fourth-order valence-corrected chi connectivity index (χ4v) is 5.34. The Hall–Kier alpha value is 0.220. The fourth-order valence-electron chi connectivity index (χ4n) is 2.25. The summed E-state index contributed by atoms with van der Waals surface area (Å²) in [4.78, 5) is 2.19. The van der Waals surface area contributed by atoms with Crippen molar-refractivity contribution in [2.45, 2.75) is 31.7 Å². The van der Waals surface area contributed by atoms with Gasteiger partial charge in [0.25, 0.3) is 0 Å². The van der Waals surface area contributed by atoms with Crippen molar-refractivity contribution in [2.24, 2.45) is 0 Å². The van der Waals surface area contributed by atoms with Crippen LogP contribution in [0.15, 0.2) is 0 Å². The highest BCUT2D eigenvalue weighted by molar-refractivity contribution is 8.01. The molecule has 1 rings (SSSR count). The summed E-state index contributed by atoms with van der Waals surface area (Å²) in [7, 11) is -1.05. The van der Waals surface area contributed by atoms with Gasteiger partial charge in [-0.1, -0.05) is 13.8 Å². The van der Waals surface area contributed by atoms with Crippen LogP contribution in [0, 0.1) is 0 Å². The summed E-state index contributed by atoms with van der Waals surface area (Å²) in [5.41, 5.74) is 0. The summed E-state index contributed by atoms with van der Waals surface area (Å²) >= 11 is 1.75. The number of hydrogen-bond acceptors (Lipinski definition) is 5.